The molecule has 0 amide bonds. The van der Waals surface area contributed by atoms with Crippen LogP contribution in [0.25, 0.3) is 10.9 Å². The van der Waals surface area contributed by atoms with Gasteiger partial charge in [-0.15, -0.1) is 0 Å². The first-order valence-corrected chi connectivity index (χ1v) is 4.91. The number of hydrogen-bond donors (Lipinski definition) is 1. The number of aryl methyl sites for hydroxylation is 1. The van der Waals surface area contributed by atoms with Gasteiger partial charge in [-0.25, -0.2) is 0 Å². The smallest absolute Gasteiger partial charge is 0.130 e. The van der Waals surface area contributed by atoms with E-state index in [1.54, 1.807) is 0 Å². The Morgan fingerprint density at radius 2 is 2.13 bits per heavy atom. The van der Waals surface area contributed by atoms with Gasteiger partial charge in [-0.05, 0) is 19.1 Å². The van der Waals surface area contributed by atoms with Gasteiger partial charge in [0.15, 0.2) is 0 Å². The minimum absolute atomic E-state index is 0.0235. The molecule has 1 heterocycles. The third-order valence-electron chi connectivity index (χ3n) is 2.16. The van der Waals surface area contributed by atoms with E-state index in [9.17, 15) is 0 Å². The van der Waals surface area contributed by atoms with Gasteiger partial charge in [0.05, 0.1) is 12.1 Å². The fourth-order valence-corrected chi connectivity index (χ4v) is 1.54. The van der Waals surface area contributed by atoms with E-state index in [1.165, 1.54) is 0 Å². The summed E-state index contributed by atoms with van der Waals surface area (Å²) in [7, 11) is 0. The van der Waals surface area contributed by atoms with E-state index in [0.29, 0.717) is 6.61 Å². The molecule has 2 aromatic rings. The number of para-hydroxylation sites is 1. The zero-order valence-electron chi connectivity index (χ0n) is 8.60. The molecule has 0 radical (unpaired) electrons. The third kappa shape index (κ3) is 2.07. The summed E-state index contributed by atoms with van der Waals surface area (Å²) in [4.78, 5) is 4.40. The highest BCUT2D eigenvalue weighted by Crippen LogP contribution is 2.24. The minimum Gasteiger partial charge on any atom is -0.490 e. The molecule has 2 rings (SSSR count). The number of pyridine rings is 1. The lowest BCUT2D eigenvalue weighted by Gasteiger charge is -2.08. The molecule has 0 aliphatic carbocycles. The maximum atomic E-state index is 8.73. The largest absolute Gasteiger partial charge is 0.490 e. The van der Waals surface area contributed by atoms with Gasteiger partial charge in [0.2, 0.25) is 0 Å². The highest BCUT2D eigenvalue weighted by molar-refractivity contribution is 5.85. The summed E-state index contributed by atoms with van der Waals surface area (Å²) in [6.07, 6.45) is 0. The molecule has 78 valence electrons. The topological polar surface area (TPSA) is 42.4 Å². The SMILES string of the molecule is Cc1cc(OCCO)c2ccccc2n1. The molecule has 1 N–H and O–H groups in total. The second-order valence-corrected chi connectivity index (χ2v) is 3.35. The third-order valence-corrected chi connectivity index (χ3v) is 2.16. The van der Waals surface area contributed by atoms with Crippen LogP contribution >= 0.6 is 0 Å². The van der Waals surface area contributed by atoms with E-state index in [4.69, 9.17) is 9.84 Å². The molecule has 0 saturated heterocycles. The van der Waals surface area contributed by atoms with Gasteiger partial charge in [0, 0.05) is 17.1 Å². The first-order chi connectivity index (χ1) is 7.31. The first kappa shape index (κ1) is 9.93. The van der Waals surface area contributed by atoms with Crippen molar-refractivity contribution in [2.75, 3.05) is 13.2 Å². The Balaban J connectivity index is 2.50. The lowest BCUT2D eigenvalue weighted by atomic mass is 10.2. The predicted molar refractivity (Wildman–Crippen MR) is 59.1 cm³/mol. The minimum atomic E-state index is 0.0235. The zero-order chi connectivity index (χ0) is 10.7. The van der Waals surface area contributed by atoms with Crippen LogP contribution in [0, 0.1) is 6.92 Å². The van der Waals surface area contributed by atoms with Gasteiger partial charge < -0.3 is 9.84 Å². The summed E-state index contributed by atoms with van der Waals surface area (Å²) in [5, 5.41) is 9.71. The molecular formula is C12H13NO2. The summed E-state index contributed by atoms with van der Waals surface area (Å²) in [6.45, 7) is 2.27. The van der Waals surface area contributed by atoms with Crippen molar-refractivity contribution in [2.24, 2.45) is 0 Å². The number of aliphatic hydroxyl groups is 1. The molecule has 1 aromatic heterocycles. The number of aliphatic hydroxyl groups excluding tert-OH is 1. The van der Waals surface area contributed by atoms with Crippen molar-refractivity contribution in [3.05, 3.63) is 36.0 Å². The van der Waals surface area contributed by atoms with Crippen LogP contribution in [-0.4, -0.2) is 23.3 Å². The Hall–Kier alpha value is -1.61. The van der Waals surface area contributed by atoms with Gasteiger partial charge in [-0.2, -0.15) is 0 Å². The Morgan fingerprint density at radius 3 is 2.93 bits per heavy atom. The molecule has 3 nitrogen and oxygen atoms in total. The number of rotatable bonds is 3. The second-order valence-electron chi connectivity index (χ2n) is 3.35. The van der Waals surface area contributed by atoms with Crippen LogP contribution in [0.2, 0.25) is 0 Å². The quantitative estimate of drug-likeness (QED) is 0.828. The van der Waals surface area contributed by atoms with E-state index in [1.807, 2.05) is 37.3 Å². The molecule has 1 aromatic carbocycles. The Morgan fingerprint density at radius 1 is 1.33 bits per heavy atom. The van der Waals surface area contributed by atoms with Gasteiger partial charge in [0.1, 0.15) is 12.4 Å². The van der Waals surface area contributed by atoms with Crippen LogP contribution in [0.5, 0.6) is 5.75 Å². The number of aromatic nitrogens is 1. The maximum Gasteiger partial charge on any atom is 0.130 e. The molecule has 0 aliphatic heterocycles. The van der Waals surface area contributed by atoms with Crippen molar-refractivity contribution >= 4 is 10.9 Å². The standard InChI is InChI=1S/C12H13NO2/c1-9-8-12(15-7-6-14)10-4-2-3-5-11(10)13-9/h2-5,8,14H,6-7H2,1H3. The van der Waals surface area contributed by atoms with E-state index in [2.05, 4.69) is 4.98 Å². The van der Waals surface area contributed by atoms with Crippen LogP contribution < -0.4 is 4.74 Å². The summed E-state index contributed by atoms with van der Waals surface area (Å²) in [5.74, 6) is 0.784. The molecule has 0 atom stereocenters. The van der Waals surface area contributed by atoms with E-state index < -0.39 is 0 Å². The van der Waals surface area contributed by atoms with Gasteiger partial charge in [0.25, 0.3) is 0 Å². The molecule has 0 fully saturated rings. The molecule has 15 heavy (non-hydrogen) atoms. The summed E-state index contributed by atoms with van der Waals surface area (Å²) < 4.78 is 5.46. The Bertz CT molecular complexity index is 468. The highest BCUT2D eigenvalue weighted by atomic mass is 16.5. The monoisotopic (exact) mass is 203 g/mol. The maximum absolute atomic E-state index is 8.73. The molecular weight excluding hydrogens is 190 g/mol. The Labute approximate surface area is 88.3 Å². The number of ether oxygens (including phenoxy) is 1. The van der Waals surface area contributed by atoms with E-state index >= 15 is 0 Å². The molecule has 0 saturated carbocycles. The number of benzene rings is 1. The molecule has 0 aliphatic rings. The van der Waals surface area contributed by atoms with Crippen LogP contribution in [0.1, 0.15) is 5.69 Å². The van der Waals surface area contributed by atoms with Crippen molar-refractivity contribution in [3.8, 4) is 5.75 Å². The average molecular weight is 203 g/mol. The normalized spacial score (nSPS) is 10.5. The van der Waals surface area contributed by atoms with Crippen LogP contribution in [0.15, 0.2) is 30.3 Å². The number of hydrogen-bond acceptors (Lipinski definition) is 3. The lowest BCUT2D eigenvalue weighted by Crippen LogP contribution is -2.02. The van der Waals surface area contributed by atoms with Crippen molar-refractivity contribution in [1.82, 2.24) is 4.98 Å². The summed E-state index contributed by atoms with van der Waals surface area (Å²) in [5.41, 5.74) is 1.84. The van der Waals surface area contributed by atoms with E-state index in [0.717, 1.165) is 22.3 Å². The molecule has 0 unspecified atom stereocenters. The molecule has 0 spiro atoms. The average Bonchev–Trinajstić information content (AvgIpc) is 2.25. The van der Waals surface area contributed by atoms with Crippen LogP contribution in [0.3, 0.4) is 0 Å². The van der Waals surface area contributed by atoms with Crippen molar-refractivity contribution in [2.45, 2.75) is 6.92 Å². The van der Waals surface area contributed by atoms with E-state index in [-0.39, 0.29) is 6.61 Å². The number of fused-ring (bicyclic) bond motifs is 1. The second kappa shape index (κ2) is 4.28. The van der Waals surface area contributed by atoms with Crippen LogP contribution in [-0.2, 0) is 0 Å². The fourth-order valence-electron chi connectivity index (χ4n) is 1.54. The van der Waals surface area contributed by atoms with Crippen molar-refractivity contribution < 1.29 is 9.84 Å². The summed E-state index contributed by atoms with van der Waals surface area (Å²) >= 11 is 0. The summed E-state index contributed by atoms with van der Waals surface area (Å²) in [6, 6.07) is 9.70. The molecule has 0 bridgehead atoms. The zero-order valence-corrected chi connectivity index (χ0v) is 8.60. The predicted octanol–water partition coefficient (Wildman–Crippen LogP) is 1.91. The first-order valence-electron chi connectivity index (χ1n) is 4.91. The molecule has 3 heteroatoms. The van der Waals surface area contributed by atoms with Gasteiger partial charge >= 0.3 is 0 Å². The highest BCUT2D eigenvalue weighted by Gasteiger charge is 2.03. The van der Waals surface area contributed by atoms with Gasteiger partial charge in [-0.3, -0.25) is 4.98 Å². The van der Waals surface area contributed by atoms with Crippen molar-refractivity contribution in [3.63, 3.8) is 0 Å². The fraction of sp³-hybridized carbons (Fsp3) is 0.250. The number of nitrogens with zero attached hydrogens (tertiary/aromatic N) is 1. The Kier molecular flexibility index (Phi) is 2.83. The van der Waals surface area contributed by atoms with Crippen LogP contribution in [0.4, 0.5) is 0 Å². The van der Waals surface area contributed by atoms with Crippen molar-refractivity contribution in [1.29, 1.82) is 0 Å². The lowest BCUT2D eigenvalue weighted by molar-refractivity contribution is 0.202. The van der Waals surface area contributed by atoms with Gasteiger partial charge in [-0.1, -0.05) is 12.1 Å².